The first kappa shape index (κ1) is 20.4. The van der Waals surface area contributed by atoms with Crippen molar-refractivity contribution in [3.05, 3.63) is 82.8 Å². The van der Waals surface area contributed by atoms with Crippen LogP contribution in [0.5, 0.6) is 0 Å². The first-order valence-electron chi connectivity index (χ1n) is 10.4. The lowest BCUT2D eigenvalue weighted by molar-refractivity contribution is 0.0664. The van der Waals surface area contributed by atoms with Crippen LogP contribution in [0.3, 0.4) is 0 Å². The number of nitriles is 1. The molecule has 0 saturated heterocycles. The van der Waals surface area contributed by atoms with Crippen molar-refractivity contribution in [3.63, 3.8) is 0 Å². The van der Waals surface area contributed by atoms with Gasteiger partial charge in [0.05, 0.1) is 16.7 Å². The van der Waals surface area contributed by atoms with Gasteiger partial charge in [-0.05, 0) is 48.7 Å². The number of thioether (sulfide) groups is 1. The SMILES string of the molecule is N#Cc1c(-c2ccc(F)cc2)cc(C2CC2)nc1SCCN1C(=O)c2ccccc2C1=O. The van der Waals surface area contributed by atoms with Crippen molar-refractivity contribution >= 4 is 23.6 Å². The fraction of sp³-hybridized carbons (Fsp3) is 0.200. The number of carbonyl (C=O) groups is 2. The molecule has 1 aromatic heterocycles. The molecule has 0 spiro atoms. The molecule has 0 N–H and O–H groups in total. The Morgan fingerprint density at radius 2 is 1.69 bits per heavy atom. The van der Waals surface area contributed by atoms with Gasteiger partial charge in [0.15, 0.2) is 0 Å². The Morgan fingerprint density at radius 1 is 1.03 bits per heavy atom. The molecular weight excluding hydrogens is 425 g/mol. The van der Waals surface area contributed by atoms with Gasteiger partial charge in [-0.1, -0.05) is 24.3 Å². The summed E-state index contributed by atoms with van der Waals surface area (Å²) in [6.07, 6.45) is 2.11. The highest BCUT2D eigenvalue weighted by Gasteiger charge is 2.35. The maximum Gasteiger partial charge on any atom is 0.261 e. The highest BCUT2D eigenvalue weighted by Crippen LogP contribution is 2.42. The van der Waals surface area contributed by atoms with Crippen molar-refractivity contribution in [2.45, 2.75) is 23.8 Å². The summed E-state index contributed by atoms with van der Waals surface area (Å²) in [6, 6.07) is 17.1. The van der Waals surface area contributed by atoms with E-state index in [1.54, 1.807) is 36.4 Å². The van der Waals surface area contributed by atoms with E-state index in [0.29, 0.717) is 33.4 Å². The third-order valence-electron chi connectivity index (χ3n) is 5.70. The van der Waals surface area contributed by atoms with Gasteiger partial charge in [-0.3, -0.25) is 14.5 Å². The molecule has 2 aromatic carbocycles. The Labute approximate surface area is 188 Å². The van der Waals surface area contributed by atoms with Gasteiger partial charge in [-0.2, -0.15) is 5.26 Å². The van der Waals surface area contributed by atoms with Gasteiger partial charge in [0.25, 0.3) is 11.8 Å². The number of halogens is 1. The van der Waals surface area contributed by atoms with Gasteiger partial charge in [-0.25, -0.2) is 9.37 Å². The van der Waals surface area contributed by atoms with Crippen LogP contribution in [0.2, 0.25) is 0 Å². The number of imide groups is 1. The van der Waals surface area contributed by atoms with Gasteiger partial charge in [0, 0.05) is 29.5 Å². The first-order valence-corrected chi connectivity index (χ1v) is 11.3. The van der Waals surface area contributed by atoms with Crippen molar-refractivity contribution < 1.29 is 14.0 Å². The minimum absolute atomic E-state index is 0.225. The lowest BCUT2D eigenvalue weighted by Gasteiger charge is -2.15. The van der Waals surface area contributed by atoms with Gasteiger partial charge in [0.1, 0.15) is 16.9 Å². The van der Waals surface area contributed by atoms with Crippen LogP contribution >= 0.6 is 11.8 Å². The molecule has 1 fully saturated rings. The normalized spacial score (nSPS) is 15.1. The molecule has 2 aliphatic rings. The zero-order valence-electron chi connectivity index (χ0n) is 17.0. The summed E-state index contributed by atoms with van der Waals surface area (Å²) in [7, 11) is 0. The second kappa shape index (κ2) is 8.21. The van der Waals surface area contributed by atoms with Crippen LogP contribution in [0.4, 0.5) is 4.39 Å². The Kier molecular flexibility index (Phi) is 5.24. The number of fused-ring (bicyclic) bond motifs is 1. The molecule has 2 amide bonds. The number of amides is 2. The average molecular weight is 444 g/mol. The Bertz CT molecular complexity index is 1240. The van der Waals surface area contributed by atoms with Crippen molar-refractivity contribution in [1.29, 1.82) is 5.26 Å². The Balaban J connectivity index is 1.40. The lowest BCUT2D eigenvalue weighted by Crippen LogP contribution is -2.31. The molecule has 2 heterocycles. The molecule has 1 aliphatic heterocycles. The summed E-state index contributed by atoms with van der Waals surface area (Å²) < 4.78 is 13.4. The number of aromatic nitrogens is 1. The summed E-state index contributed by atoms with van der Waals surface area (Å²) in [5, 5.41) is 10.5. The van der Waals surface area contributed by atoms with E-state index in [2.05, 4.69) is 6.07 Å². The molecule has 7 heteroatoms. The third kappa shape index (κ3) is 3.67. The van der Waals surface area contributed by atoms with E-state index in [0.717, 1.165) is 29.7 Å². The van der Waals surface area contributed by atoms with Crippen LogP contribution in [0, 0.1) is 17.1 Å². The third-order valence-corrected chi connectivity index (χ3v) is 6.66. The largest absolute Gasteiger partial charge is 0.273 e. The van der Waals surface area contributed by atoms with Crippen LogP contribution in [0.15, 0.2) is 59.6 Å². The number of hydrogen-bond donors (Lipinski definition) is 0. The molecule has 0 radical (unpaired) electrons. The molecule has 1 saturated carbocycles. The molecule has 0 bridgehead atoms. The fourth-order valence-corrected chi connectivity index (χ4v) is 4.81. The van der Waals surface area contributed by atoms with E-state index >= 15 is 0 Å². The molecule has 5 nitrogen and oxygen atoms in total. The van der Waals surface area contributed by atoms with Crippen LogP contribution in [0.1, 0.15) is 50.7 Å². The number of benzene rings is 2. The maximum absolute atomic E-state index is 13.4. The summed E-state index contributed by atoms with van der Waals surface area (Å²) in [6.45, 7) is 0.225. The summed E-state index contributed by atoms with van der Waals surface area (Å²) >= 11 is 1.36. The topological polar surface area (TPSA) is 74.1 Å². The zero-order chi connectivity index (χ0) is 22.2. The molecular formula is C25H18FN3O2S. The second-order valence-electron chi connectivity index (χ2n) is 7.82. The minimum Gasteiger partial charge on any atom is -0.273 e. The number of hydrogen-bond acceptors (Lipinski definition) is 5. The standard InChI is InChI=1S/C25H18FN3O2S/c26-17-9-7-15(8-10-17)20-13-22(16-5-6-16)28-23(21(20)14-27)32-12-11-29-24(30)18-3-1-2-4-19(18)25(29)31/h1-4,7-10,13,16H,5-6,11-12H2. The minimum atomic E-state index is -0.334. The van der Waals surface area contributed by atoms with E-state index in [1.165, 1.54) is 28.8 Å². The number of nitrogens with zero attached hydrogens (tertiary/aromatic N) is 3. The van der Waals surface area contributed by atoms with Crippen LogP contribution < -0.4 is 0 Å². The number of rotatable bonds is 6. The number of pyridine rings is 1. The first-order chi connectivity index (χ1) is 15.6. The average Bonchev–Trinajstić information content (AvgIpc) is 3.63. The highest BCUT2D eigenvalue weighted by atomic mass is 32.2. The summed E-state index contributed by atoms with van der Waals surface area (Å²) in [4.78, 5) is 31.2. The predicted octanol–water partition coefficient (Wildman–Crippen LogP) is 5.03. The molecule has 5 rings (SSSR count). The molecule has 1 aliphatic carbocycles. The second-order valence-corrected chi connectivity index (χ2v) is 8.91. The predicted molar refractivity (Wildman–Crippen MR) is 119 cm³/mol. The molecule has 0 atom stereocenters. The van der Waals surface area contributed by atoms with E-state index in [1.807, 2.05) is 6.07 Å². The van der Waals surface area contributed by atoms with Gasteiger partial charge in [-0.15, -0.1) is 11.8 Å². The van der Waals surface area contributed by atoms with E-state index < -0.39 is 0 Å². The summed E-state index contributed by atoms with van der Waals surface area (Å²) in [5.41, 5.74) is 3.68. The van der Waals surface area contributed by atoms with Crippen molar-refractivity contribution in [2.24, 2.45) is 0 Å². The summed E-state index contributed by atoms with van der Waals surface area (Å²) in [5.74, 6) is -0.127. The van der Waals surface area contributed by atoms with Crippen molar-refractivity contribution in [3.8, 4) is 17.2 Å². The quantitative estimate of drug-likeness (QED) is 0.395. The zero-order valence-corrected chi connectivity index (χ0v) is 17.9. The molecule has 3 aromatic rings. The van der Waals surface area contributed by atoms with E-state index in [9.17, 15) is 19.2 Å². The smallest absolute Gasteiger partial charge is 0.261 e. The van der Waals surface area contributed by atoms with Crippen molar-refractivity contribution in [1.82, 2.24) is 9.88 Å². The Morgan fingerprint density at radius 3 is 2.28 bits per heavy atom. The van der Waals surface area contributed by atoms with E-state index in [-0.39, 0.29) is 24.2 Å². The van der Waals surface area contributed by atoms with E-state index in [4.69, 9.17) is 4.98 Å². The van der Waals surface area contributed by atoms with Crippen LogP contribution in [0.25, 0.3) is 11.1 Å². The number of carbonyl (C=O) groups excluding carboxylic acids is 2. The van der Waals surface area contributed by atoms with Gasteiger partial charge in [0.2, 0.25) is 0 Å². The maximum atomic E-state index is 13.4. The van der Waals surface area contributed by atoms with Crippen molar-refractivity contribution in [2.75, 3.05) is 12.3 Å². The fourth-order valence-electron chi connectivity index (χ4n) is 3.87. The molecule has 32 heavy (non-hydrogen) atoms. The highest BCUT2D eigenvalue weighted by molar-refractivity contribution is 7.99. The molecule has 158 valence electrons. The monoisotopic (exact) mass is 443 g/mol. The van der Waals surface area contributed by atoms with Gasteiger partial charge < -0.3 is 0 Å². The molecule has 0 unspecified atom stereocenters. The Hall–Kier alpha value is -3.50. The van der Waals surface area contributed by atoms with Crippen LogP contribution in [-0.2, 0) is 0 Å². The van der Waals surface area contributed by atoms with Gasteiger partial charge >= 0.3 is 0 Å². The lowest BCUT2D eigenvalue weighted by atomic mass is 10.0. The van der Waals surface area contributed by atoms with Crippen LogP contribution in [-0.4, -0.2) is 34.0 Å².